The van der Waals surface area contributed by atoms with Crippen molar-refractivity contribution in [2.75, 3.05) is 13.1 Å². The number of carbonyl (C=O) groups excluding carboxylic acids is 2. The molecule has 4 nitrogen and oxygen atoms in total. The maximum Gasteiger partial charge on any atom is 0.251 e. The molecule has 5 rings (SSSR count). The van der Waals surface area contributed by atoms with Crippen LogP contribution < -0.4 is 10.6 Å². The summed E-state index contributed by atoms with van der Waals surface area (Å²) >= 11 is 0. The number of amides is 2. The van der Waals surface area contributed by atoms with Gasteiger partial charge in [0.1, 0.15) is 0 Å². The Labute approximate surface area is 212 Å². The summed E-state index contributed by atoms with van der Waals surface area (Å²) in [5.74, 6) is -0.237. The topological polar surface area (TPSA) is 58.2 Å². The Hall–Kier alpha value is -3.66. The van der Waals surface area contributed by atoms with E-state index in [-0.39, 0.29) is 11.8 Å². The second-order valence-electron chi connectivity index (χ2n) is 9.71. The molecule has 0 aliphatic heterocycles. The van der Waals surface area contributed by atoms with E-state index in [1.165, 1.54) is 10.8 Å². The van der Waals surface area contributed by atoms with Crippen LogP contribution in [-0.2, 0) is 0 Å². The zero-order valence-electron chi connectivity index (χ0n) is 21.2. The fourth-order valence-corrected chi connectivity index (χ4v) is 5.46. The summed E-state index contributed by atoms with van der Waals surface area (Å²) in [6.45, 7) is 5.57. The zero-order valence-corrected chi connectivity index (χ0v) is 21.2. The Morgan fingerprint density at radius 2 is 1.03 bits per heavy atom. The van der Waals surface area contributed by atoms with Crippen molar-refractivity contribution in [3.05, 3.63) is 71.8 Å². The van der Waals surface area contributed by atoms with E-state index < -0.39 is 0 Å². The van der Waals surface area contributed by atoms with Gasteiger partial charge < -0.3 is 10.6 Å². The second-order valence-corrected chi connectivity index (χ2v) is 9.71. The Kier molecular flexibility index (Phi) is 7.04. The summed E-state index contributed by atoms with van der Waals surface area (Å²) in [7, 11) is 0. The van der Waals surface area contributed by atoms with E-state index in [0.717, 1.165) is 70.8 Å². The molecule has 0 atom stereocenters. The SMILES string of the molecule is CCCCCNC(=O)c1ccc2c3cccc4cccc(c5ccc(C(=O)NCCCCC)c1c25)c43. The molecule has 0 saturated heterocycles. The maximum absolute atomic E-state index is 13.4. The molecule has 0 aliphatic rings. The minimum atomic E-state index is -0.119. The Morgan fingerprint density at radius 3 is 1.50 bits per heavy atom. The van der Waals surface area contributed by atoms with Crippen LogP contribution in [0.1, 0.15) is 73.1 Å². The molecule has 36 heavy (non-hydrogen) atoms. The first-order chi connectivity index (χ1) is 17.7. The van der Waals surface area contributed by atoms with Crippen molar-refractivity contribution in [1.82, 2.24) is 10.6 Å². The summed E-state index contributed by atoms with van der Waals surface area (Å²) in [5.41, 5.74) is 1.13. The molecule has 5 aromatic rings. The second kappa shape index (κ2) is 10.5. The smallest absolute Gasteiger partial charge is 0.251 e. The predicted molar refractivity (Wildman–Crippen MR) is 151 cm³/mol. The van der Waals surface area contributed by atoms with Crippen molar-refractivity contribution >= 4 is 54.9 Å². The van der Waals surface area contributed by atoms with Gasteiger partial charge in [-0.1, -0.05) is 88.1 Å². The normalized spacial score (nSPS) is 11.6. The van der Waals surface area contributed by atoms with Gasteiger partial charge in [-0.05, 0) is 62.7 Å². The highest BCUT2D eigenvalue weighted by atomic mass is 16.2. The summed E-state index contributed by atoms with van der Waals surface area (Å²) in [6, 6.07) is 20.6. The highest BCUT2D eigenvalue weighted by Gasteiger charge is 2.22. The monoisotopic (exact) mass is 478 g/mol. The summed E-state index contributed by atoms with van der Waals surface area (Å²) < 4.78 is 0. The van der Waals surface area contributed by atoms with E-state index in [1.54, 1.807) is 0 Å². The molecule has 0 heterocycles. The molecular weight excluding hydrogens is 444 g/mol. The Balaban J connectivity index is 1.73. The third-order valence-corrected chi connectivity index (χ3v) is 7.27. The van der Waals surface area contributed by atoms with E-state index in [1.807, 2.05) is 12.1 Å². The molecule has 0 unspecified atom stereocenters. The quantitative estimate of drug-likeness (QED) is 0.123. The molecule has 0 radical (unpaired) electrons. The lowest BCUT2D eigenvalue weighted by molar-refractivity contribution is 0.0952. The van der Waals surface area contributed by atoms with Crippen LogP contribution in [0.5, 0.6) is 0 Å². The van der Waals surface area contributed by atoms with Crippen molar-refractivity contribution in [3.63, 3.8) is 0 Å². The van der Waals surface area contributed by atoms with Gasteiger partial charge in [0.05, 0.1) is 0 Å². The van der Waals surface area contributed by atoms with Crippen LogP contribution in [0.4, 0.5) is 0 Å². The molecular formula is C32H34N2O2. The van der Waals surface area contributed by atoms with Crippen LogP contribution in [0.15, 0.2) is 60.7 Å². The number of nitrogens with one attached hydrogen (secondary N) is 2. The molecule has 2 amide bonds. The van der Waals surface area contributed by atoms with Crippen molar-refractivity contribution in [1.29, 1.82) is 0 Å². The summed E-state index contributed by atoms with van der Waals surface area (Å²) in [4.78, 5) is 26.8. The van der Waals surface area contributed by atoms with Crippen LogP contribution in [0.2, 0.25) is 0 Å². The van der Waals surface area contributed by atoms with Crippen LogP contribution in [0.3, 0.4) is 0 Å². The summed E-state index contributed by atoms with van der Waals surface area (Å²) in [5, 5.41) is 14.8. The number of unbranched alkanes of at least 4 members (excludes halogenated alkanes) is 4. The molecule has 0 aliphatic carbocycles. The lowest BCUT2D eigenvalue weighted by Crippen LogP contribution is -2.27. The van der Waals surface area contributed by atoms with Gasteiger partial charge in [0.2, 0.25) is 0 Å². The minimum Gasteiger partial charge on any atom is -0.352 e. The van der Waals surface area contributed by atoms with E-state index in [2.05, 4.69) is 73.0 Å². The Bertz CT molecular complexity index is 1440. The standard InChI is InChI=1S/C32H34N2O2/c1-3-5-7-19-33-31(35)26-17-15-24-22-13-9-11-21-12-10-14-23(28(21)22)25-16-18-27(30(26)29(24)25)32(36)34-20-8-6-4-2/h9-18H,3-8,19-20H2,1-2H3,(H,33,35)(H,34,36). The molecule has 4 heteroatoms. The molecule has 0 aromatic heterocycles. The number of carbonyl (C=O) groups is 2. The number of rotatable bonds is 10. The van der Waals surface area contributed by atoms with Gasteiger partial charge in [-0.15, -0.1) is 0 Å². The lowest BCUT2D eigenvalue weighted by Gasteiger charge is -2.18. The third kappa shape index (κ3) is 4.26. The van der Waals surface area contributed by atoms with Gasteiger partial charge in [0.25, 0.3) is 11.8 Å². The van der Waals surface area contributed by atoms with Gasteiger partial charge in [0.15, 0.2) is 0 Å². The first kappa shape index (κ1) is 24.1. The van der Waals surface area contributed by atoms with Gasteiger partial charge in [0, 0.05) is 29.6 Å². The van der Waals surface area contributed by atoms with E-state index in [4.69, 9.17) is 0 Å². The fourth-order valence-electron chi connectivity index (χ4n) is 5.46. The van der Waals surface area contributed by atoms with E-state index in [0.29, 0.717) is 24.2 Å². The highest BCUT2D eigenvalue weighted by Crippen LogP contribution is 2.42. The summed E-state index contributed by atoms with van der Waals surface area (Å²) in [6.07, 6.45) is 6.26. The minimum absolute atomic E-state index is 0.119. The van der Waals surface area contributed by atoms with Crippen LogP contribution in [-0.4, -0.2) is 24.9 Å². The van der Waals surface area contributed by atoms with Crippen LogP contribution in [0, 0.1) is 0 Å². The van der Waals surface area contributed by atoms with Crippen molar-refractivity contribution < 1.29 is 9.59 Å². The maximum atomic E-state index is 13.4. The van der Waals surface area contributed by atoms with Gasteiger partial charge >= 0.3 is 0 Å². The number of hydrogen-bond donors (Lipinski definition) is 2. The molecule has 0 fully saturated rings. The van der Waals surface area contributed by atoms with Crippen molar-refractivity contribution in [3.8, 4) is 0 Å². The van der Waals surface area contributed by atoms with Crippen LogP contribution in [0.25, 0.3) is 43.1 Å². The van der Waals surface area contributed by atoms with E-state index >= 15 is 0 Å². The molecule has 2 N–H and O–H groups in total. The third-order valence-electron chi connectivity index (χ3n) is 7.27. The zero-order chi connectivity index (χ0) is 25.1. The fraction of sp³-hybridized carbons (Fsp3) is 0.312. The largest absolute Gasteiger partial charge is 0.352 e. The Morgan fingerprint density at radius 1 is 0.556 bits per heavy atom. The first-order valence-corrected chi connectivity index (χ1v) is 13.3. The molecule has 0 bridgehead atoms. The van der Waals surface area contributed by atoms with Gasteiger partial charge in [-0.3, -0.25) is 9.59 Å². The average Bonchev–Trinajstić information content (AvgIpc) is 2.91. The average molecular weight is 479 g/mol. The molecule has 5 aromatic carbocycles. The molecule has 0 saturated carbocycles. The number of benzene rings is 5. The van der Waals surface area contributed by atoms with Crippen molar-refractivity contribution in [2.45, 2.75) is 52.4 Å². The highest BCUT2D eigenvalue weighted by molar-refractivity contribution is 6.36. The first-order valence-electron chi connectivity index (χ1n) is 13.3. The van der Waals surface area contributed by atoms with Crippen LogP contribution >= 0.6 is 0 Å². The van der Waals surface area contributed by atoms with Gasteiger partial charge in [-0.25, -0.2) is 0 Å². The predicted octanol–water partition coefficient (Wildman–Crippen LogP) is 7.58. The lowest BCUT2D eigenvalue weighted by atomic mass is 9.86. The number of fused-ring (bicyclic) bond motifs is 2. The molecule has 0 spiro atoms. The van der Waals surface area contributed by atoms with E-state index in [9.17, 15) is 9.59 Å². The van der Waals surface area contributed by atoms with Crippen molar-refractivity contribution in [2.24, 2.45) is 0 Å². The molecule has 184 valence electrons. The van der Waals surface area contributed by atoms with Gasteiger partial charge in [-0.2, -0.15) is 0 Å². The number of hydrogen-bond acceptors (Lipinski definition) is 2.